The van der Waals surface area contributed by atoms with Crippen molar-refractivity contribution in [3.8, 4) is 0 Å². The van der Waals surface area contributed by atoms with E-state index in [-0.39, 0.29) is 0 Å². The number of H-pyrrole nitrogens is 1. The monoisotopic (exact) mass is 220 g/mol. The van der Waals surface area contributed by atoms with Gasteiger partial charge in [-0.25, -0.2) is 4.98 Å². The summed E-state index contributed by atoms with van der Waals surface area (Å²) in [7, 11) is 1.86. The van der Waals surface area contributed by atoms with E-state index in [0.29, 0.717) is 4.77 Å². The maximum atomic E-state index is 5.01. The van der Waals surface area contributed by atoms with Gasteiger partial charge in [0.15, 0.2) is 0 Å². The first-order chi connectivity index (χ1) is 7.25. The van der Waals surface area contributed by atoms with Gasteiger partial charge in [-0.2, -0.15) is 0 Å². The van der Waals surface area contributed by atoms with E-state index in [1.165, 1.54) is 0 Å². The van der Waals surface area contributed by atoms with Crippen LogP contribution in [0.2, 0.25) is 0 Å². The van der Waals surface area contributed by atoms with Gasteiger partial charge in [-0.3, -0.25) is 14.8 Å². The van der Waals surface area contributed by atoms with E-state index < -0.39 is 0 Å². The Morgan fingerprint density at radius 1 is 1.40 bits per heavy atom. The predicted octanol–water partition coefficient (Wildman–Crippen LogP) is 1.66. The molecule has 2 heterocycles. The first-order valence-electron chi connectivity index (χ1n) is 4.77. The molecule has 78 valence electrons. The molecule has 2 rings (SSSR count). The van der Waals surface area contributed by atoms with Crippen LogP contribution in [-0.4, -0.2) is 19.7 Å². The molecule has 0 aliphatic rings. The van der Waals surface area contributed by atoms with E-state index in [2.05, 4.69) is 15.1 Å². The largest absolute Gasteiger partial charge is 0.283 e. The lowest BCUT2D eigenvalue weighted by atomic mass is 10.2. The molecule has 4 nitrogen and oxygen atoms in total. The Bertz CT molecular complexity index is 486. The van der Waals surface area contributed by atoms with Gasteiger partial charge in [0.05, 0.1) is 0 Å². The van der Waals surface area contributed by atoms with Crippen LogP contribution in [0.4, 0.5) is 0 Å². The maximum Gasteiger partial charge on any atom is 0.215 e. The molecule has 1 N–H and O–H groups in total. The van der Waals surface area contributed by atoms with Crippen molar-refractivity contribution in [1.82, 2.24) is 19.7 Å². The number of nitrogens with zero attached hydrogens (tertiary/aromatic N) is 3. The smallest absolute Gasteiger partial charge is 0.215 e. The quantitative estimate of drug-likeness (QED) is 0.800. The van der Waals surface area contributed by atoms with Crippen molar-refractivity contribution >= 4 is 12.2 Å². The number of aryl methyl sites for hydroxylation is 3. The minimum Gasteiger partial charge on any atom is -0.283 e. The molecule has 0 spiro atoms. The van der Waals surface area contributed by atoms with Crippen LogP contribution in [0, 0.1) is 4.77 Å². The van der Waals surface area contributed by atoms with Gasteiger partial charge in [-0.05, 0) is 30.8 Å². The van der Waals surface area contributed by atoms with E-state index in [9.17, 15) is 0 Å². The number of pyridine rings is 1. The van der Waals surface area contributed by atoms with Crippen molar-refractivity contribution in [2.24, 2.45) is 7.05 Å². The van der Waals surface area contributed by atoms with Gasteiger partial charge in [-0.1, -0.05) is 6.07 Å². The summed E-state index contributed by atoms with van der Waals surface area (Å²) in [4.78, 5) is 8.47. The lowest BCUT2D eigenvalue weighted by Crippen LogP contribution is -1.97. The van der Waals surface area contributed by atoms with E-state index >= 15 is 0 Å². The fraction of sp³-hybridized carbons (Fsp3) is 0.300. The van der Waals surface area contributed by atoms with Crippen LogP contribution >= 0.6 is 12.2 Å². The van der Waals surface area contributed by atoms with Crippen LogP contribution in [0.1, 0.15) is 11.5 Å². The lowest BCUT2D eigenvalue weighted by molar-refractivity contribution is 0.727. The molecule has 0 unspecified atom stereocenters. The Morgan fingerprint density at radius 2 is 2.27 bits per heavy atom. The summed E-state index contributed by atoms with van der Waals surface area (Å²) in [6.45, 7) is 0. The summed E-state index contributed by atoms with van der Waals surface area (Å²) in [5.41, 5.74) is 1.07. The zero-order valence-electron chi connectivity index (χ0n) is 8.47. The van der Waals surface area contributed by atoms with Gasteiger partial charge < -0.3 is 0 Å². The van der Waals surface area contributed by atoms with Gasteiger partial charge in [0.1, 0.15) is 5.82 Å². The molecular weight excluding hydrogens is 208 g/mol. The highest BCUT2D eigenvalue weighted by Gasteiger charge is 2.00. The van der Waals surface area contributed by atoms with E-state index in [4.69, 9.17) is 12.2 Å². The highest BCUT2D eigenvalue weighted by atomic mass is 32.1. The fourth-order valence-corrected chi connectivity index (χ4v) is 1.52. The number of rotatable bonds is 3. The Labute approximate surface area is 93.0 Å². The van der Waals surface area contributed by atoms with E-state index in [0.717, 1.165) is 24.4 Å². The third kappa shape index (κ3) is 2.50. The summed E-state index contributed by atoms with van der Waals surface area (Å²) in [6.07, 6.45) is 3.51. The van der Waals surface area contributed by atoms with Gasteiger partial charge in [-0.15, -0.1) is 0 Å². The second kappa shape index (κ2) is 4.35. The molecule has 2 aromatic heterocycles. The van der Waals surface area contributed by atoms with Gasteiger partial charge >= 0.3 is 0 Å². The molecule has 0 saturated heterocycles. The third-order valence-electron chi connectivity index (χ3n) is 2.16. The zero-order valence-corrected chi connectivity index (χ0v) is 9.29. The number of hydrogen-bond donors (Lipinski definition) is 1. The third-order valence-corrected chi connectivity index (χ3v) is 2.52. The van der Waals surface area contributed by atoms with E-state index in [1.54, 1.807) is 10.9 Å². The van der Waals surface area contributed by atoms with Crippen LogP contribution in [0.25, 0.3) is 0 Å². The molecule has 0 fully saturated rings. The zero-order chi connectivity index (χ0) is 10.7. The van der Waals surface area contributed by atoms with Crippen LogP contribution < -0.4 is 0 Å². The molecule has 2 aromatic rings. The predicted molar refractivity (Wildman–Crippen MR) is 60.0 cm³/mol. The summed E-state index contributed by atoms with van der Waals surface area (Å²) < 4.78 is 2.33. The van der Waals surface area contributed by atoms with Crippen LogP contribution in [0.5, 0.6) is 0 Å². The number of aromatic amines is 1. The first kappa shape index (κ1) is 10.0. The molecule has 0 amide bonds. The average molecular weight is 220 g/mol. The van der Waals surface area contributed by atoms with Crippen molar-refractivity contribution in [1.29, 1.82) is 0 Å². The normalized spacial score (nSPS) is 10.5. The Balaban J connectivity index is 2.02. The van der Waals surface area contributed by atoms with Crippen molar-refractivity contribution in [3.63, 3.8) is 0 Å². The summed E-state index contributed by atoms with van der Waals surface area (Å²) >= 11 is 5.01. The maximum absolute atomic E-state index is 5.01. The minimum absolute atomic E-state index is 0.589. The summed E-state index contributed by atoms with van der Waals surface area (Å²) in [5.74, 6) is 0.910. The second-order valence-corrected chi connectivity index (χ2v) is 3.70. The first-order valence-corrected chi connectivity index (χ1v) is 5.18. The molecule has 0 aliphatic heterocycles. The Kier molecular flexibility index (Phi) is 2.91. The van der Waals surface area contributed by atoms with Crippen molar-refractivity contribution in [2.75, 3.05) is 0 Å². The standard InChI is InChI=1S/C10H12N4S/c1-14-10(15)12-9(13-14)6-5-8-4-2-3-7-11-8/h2-4,7H,5-6H2,1H3,(H,12,13,15). The van der Waals surface area contributed by atoms with Crippen LogP contribution in [0.3, 0.4) is 0 Å². The lowest BCUT2D eigenvalue weighted by Gasteiger charge is -1.96. The fourth-order valence-electron chi connectivity index (χ4n) is 1.36. The molecule has 0 aliphatic carbocycles. The van der Waals surface area contributed by atoms with Crippen molar-refractivity contribution in [2.45, 2.75) is 12.8 Å². The number of aromatic nitrogens is 4. The topological polar surface area (TPSA) is 46.5 Å². The molecule has 0 atom stereocenters. The van der Waals surface area contributed by atoms with Crippen molar-refractivity contribution < 1.29 is 0 Å². The number of nitrogens with one attached hydrogen (secondary N) is 1. The van der Waals surface area contributed by atoms with Gasteiger partial charge in [0.2, 0.25) is 4.77 Å². The summed E-state index contributed by atoms with van der Waals surface area (Å²) in [6, 6.07) is 5.91. The molecule has 15 heavy (non-hydrogen) atoms. The Morgan fingerprint density at radius 3 is 2.87 bits per heavy atom. The van der Waals surface area contributed by atoms with Gasteiger partial charge in [0, 0.05) is 25.4 Å². The molecule has 0 saturated carbocycles. The molecule has 0 bridgehead atoms. The highest BCUT2D eigenvalue weighted by Crippen LogP contribution is 2.00. The van der Waals surface area contributed by atoms with Crippen molar-refractivity contribution in [3.05, 3.63) is 40.7 Å². The minimum atomic E-state index is 0.589. The van der Waals surface area contributed by atoms with E-state index in [1.807, 2.05) is 25.2 Å². The Hall–Kier alpha value is -1.49. The highest BCUT2D eigenvalue weighted by molar-refractivity contribution is 7.71. The SMILES string of the molecule is Cn1[nH]c(CCc2ccccn2)nc1=S. The number of hydrogen-bond acceptors (Lipinski definition) is 3. The average Bonchev–Trinajstić information content (AvgIpc) is 2.57. The molecule has 0 radical (unpaired) electrons. The molecule has 0 aromatic carbocycles. The summed E-state index contributed by atoms with van der Waals surface area (Å²) in [5, 5.41) is 3.09. The van der Waals surface area contributed by atoms with Crippen LogP contribution in [-0.2, 0) is 19.9 Å². The molecule has 5 heteroatoms. The second-order valence-electron chi connectivity index (χ2n) is 3.33. The van der Waals surface area contributed by atoms with Gasteiger partial charge in [0.25, 0.3) is 0 Å². The molecular formula is C10H12N4S. The van der Waals surface area contributed by atoms with Crippen LogP contribution in [0.15, 0.2) is 24.4 Å².